The van der Waals surface area contributed by atoms with Gasteiger partial charge in [-0.15, -0.1) is 0 Å². The molecule has 2 aromatic carbocycles. The van der Waals surface area contributed by atoms with E-state index >= 15 is 0 Å². The number of aliphatic hydroxyl groups excluding tert-OH is 2. The summed E-state index contributed by atoms with van der Waals surface area (Å²) in [5.74, 6) is 1.19. The first-order valence-electron chi connectivity index (χ1n) is 17.9. The Morgan fingerprint density at radius 3 is 2.35 bits per heavy atom. The van der Waals surface area contributed by atoms with Crippen LogP contribution in [0.3, 0.4) is 0 Å². The van der Waals surface area contributed by atoms with Crippen molar-refractivity contribution in [2.24, 2.45) is 35.0 Å². The molecular weight excluding hydrogens is 604 g/mol. The number of hydroxylamine groups is 2. The lowest BCUT2D eigenvalue weighted by molar-refractivity contribution is -0.183. The minimum absolute atomic E-state index is 0.0529. The molecule has 4 fully saturated rings. The fourth-order valence-electron chi connectivity index (χ4n) is 8.81. The zero-order valence-electron chi connectivity index (χ0n) is 30.1. The number of carbonyl (C=O) groups is 2. The van der Waals surface area contributed by atoms with E-state index in [-0.39, 0.29) is 30.5 Å². The van der Waals surface area contributed by atoms with Crippen molar-refractivity contribution in [1.82, 2.24) is 20.6 Å². The maximum Gasteiger partial charge on any atom is 0.251 e. The number of likely N-dealkylation sites (N-methyl/N-ethyl adjacent to an activating group) is 1. The number of amides is 2. The predicted octanol–water partition coefficient (Wildman–Crippen LogP) is 4.72. The maximum atomic E-state index is 14.0. The summed E-state index contributed by atoms with van der Waals surface area (Å²) in [7, 11) is 4.03. The van der Waals surface area contributed by atoms with Crippen LogP contribution in [0, 0.1) is 35.0 Å². The summed E-state index contributed by atoms with van der Waals surface area (Å²) in [6, 6.07) is 15.0. The second-order valence-electron chi connectivity index (χ2n) is 16.1. The van der Waals surface area contributed by atoms with E-state index in [4.69, 9.17) is 4.84 Å². The lowest BCUT2D eigenvalue weighted by Gasteiger charge is -2.62. The highest BCUT2D eigenvalue weighted by Crippen LogP contribution is 2.61. The van der Waals surface area contributed by atoms with Crippen LogP contribution in [0.1, 0.15) is 76.7 Å². The fourth-order valence-corrected chi connectivity index (χ4v) is 8.81. The third-order valence-corrected chi connectivity index (χ3v) is 11.5. The van der Waals surface area contributed by atoms with Crippen LogP contribution in [0.2, 0.25) is 0 Å². The lowest BCUT2D eigenvalue weighted by Crippen LogP contribution is -2.62. The number of nitrogens with one attached hydrogen (secondary N) is 2. The number of carbonyl (C=O) groups excluding carboxylic acids is 2. The van der Waals surface area contributed by atoms with E-state index < -0.39 is 24.2 Å². The van der Waals surface area contributed by atoms with E-state index in [1.165, 1.54) is 6.42 Å². The highest BCUT2D eigenvalue weighted by atomic mass is 16.7. The average Bonchev–Trinajstić information content (AvgIpc) is 3.39. The Balaban J connectivity index is 1.32. The number of rotatable bonds is 13. The van der Waals surface area contributed by atoms with E-state index in [1.807, 2.05) is 62.6 Å². The normalized spacial score (nSPS) is 29.4. The van der Waals surface area contributed by atoms with Crippen molar-refractivity contribution in [1.29, 1.82) is 0 Å². The Morgan fingerprint density at radius 2 is 1.75 bits per heavy atom. The van der Waals surface area contributed by atoms with Crippen molar-refractivity contribution in [3.63, 3.8) is 0 Å². The van der Waals surface area contributed by atoms with E-state index in [9.17, 15) is 19.8 Å². The molecule has 3 aliphatic carbocycles. The van der Waals surface area contributed by atoms with Crippen LogP contribution >= 0.6 is 0 Å². The first-order chi connectivity index (χ1) is 22.7. The molecule has 9 nitrogen and oxygen atoms in total. The summed E-state index contributed by atoms with van der Waals surface area (Å²) < 4.78 is 0. The minimum atomic E-state index is -0.850. The standard InChI is InChI=1S/C39H58N4O5/c1-23(2)15-31(21-42(7)8)40-37(46)29-14-10-13-28(17-29)27-12-9-11-26(16-27)20-43-36(35(25(4)45)34(22-44)48-43)38(47)41-33-19-30-18-32(24(33)3)39(30,5)6/h9-14,16-17,23-25,30-36,44-45H,15,18-22H2,1-8H3,(H,40,46)(H,41,47)/t24-,25-,30-,31+,32+,33-,34-,35+,36-/m0/s1. The van der Waals surface area contributed by atoms with Gasteiger partial charge in [0.05, 0.1) is 19.3 Å². The lowest BCUT2D eigenvalue weighted by atomic mass is 9.45. The molecular formula is C39H58N4O5. The molecule has 48 heavy (non-hydrogen) atoms. The first-order valence-corrected chi connectivity index (χ1v) is 17.9. The van der Waals surface area contributed by atoms with Gasteiger partial charge < -0.3 is 25.7 Å². The summed E-state index contributed by atoms with van der Waals surface area (Å²) in [5, 5.41) is 29.2. The van der Waals surface area contributed by atoms with Gasteiger partial charge in [0.1, 0.15) is 12.1 Å². The summed E-state index contributed by atoms with van der Waals surface area (Å²) in [6.07, 6.45) is 1.54. The summed E-state index contributed by atoms with van der Waals surface area (Å²) >= 11 is 0. The van der Waals surface area contributed by atoms with Crippen LogP contribution < -0.4 is 10.6 Å². The van der Waals surface area contributed by atoms with Crippen LogP contribution in [0.25, 0.3) is 11.1 Å². The monoisotopic (exact) mass is 662 g/mol. The molecule has 4 aliphatic rings. The van der Waals surface area contributed by atoms with Gasteiger partial charge in [0.2, 0.25) is 5.91 Å². The molecule has 0 radical (unpaired) electrons. The van der Waals surface area contributed by atoms with E-state index in [0.29, 0.717) is 41.2 Å². The average molecular weight is 663 g/mol. The Kier molecular flexibility index (Phi) is 11.4. The molecule has 2 amide bonds. The van der Waals surface area contributed by atoms with Gasteiger partial charge in [0.25, 0.3) is 5.91 Å². The minimum Gasteiger partial charge on any atom is -0.394 e. The van der Waals surface area contributed by atoms with Crippen LogP contribution in [-0.2, 0) is 16.2 Å². The molecule has 0 spiro atoms. The molecule has 9 heteroatoms. The molecule has 1 aliphatic heterocycles. The van der Waals surface area contributed by atoms with Gasteiger partial charge in [0, 0.05) is 30.1 Å². The van der Waals surface area contributed by atoms with Gasteiger partial charge in [-0.2, -0.15) is 5.06 Å². The highest BCUT2D eigenvalue weighted by molar-refractivity contribution is 5.95. The van der Waals surface area contributed by atoms with Crippen LogP contribution in [-0.4, -0.2) is 89.6 Å². The molecule has 9 atom stereocenters. The summed E-state index contributed by atoms with van der Waals surface area (Å²) in [4.78, 5) is 35.7. The van der Waals surface area contributed by atoms with Gasteiger partial charge in [-0.3, -0.25) is 14.4 Å². The highest BCUT2D eigenvalue weighted by Gasteiger charge is 2.57. The molecule has 1 heterocycles. The topological polar surface area (TPSA) is 114 Å². The van der Waals surface area contributed by atoms with Gasteiger partial charge in [-0.25, -0.2) is 0 Å². The largest absolute Gasteiger partial charge is 0.394 e. The Bertz CT molecular complexity index is 1420. The molecule has 4 N–H and O–H groups in total. The summed E-state index contributed by atoms with van der Waals surface area (Å²) in [6.45, 7) is 13.7. The maximum absolute atomic E-state index is 14.0. The van der Waals surface area contributed by atoms with E-state index in [0.717, 1.165) is 36.1 Å². The SMILES string of the molecule is CC(C)C[C@H](CN(C)C)NC(=O)c1cccc(-c2cccc(CN3O[C@@H](CO)[C@@H]([C@H](C)O)[C@H]3C(=O)N[C@H]3C[C@@H]4C[C@H]([C@@H]3C)C4(C)C)c2)c1. The van der Waals surface area contributed by atoms with Crippen LogP contribution in [0.4, 0.5) is 0 Å². The van der Waals surface area contributed by atoms with Crippen molar-refractivity contribution >= 4 is 11.8 Å². The van der Waals surface area contributed by atoms with E-state index in [2.05, 4.69) is 50.2 Å². The molecule has 0 aromatic heterocycles. The van der Waals surface area contributed by atoms with Crippen molar-refractivity contribution in [3.8, 4) is 11.1 Å². The predicted molar refractivity (Wildman–Crippen MR) is 189 cm³/mol. The number of fused-ring (bicyclic) bond motifs is 2. The van der Waals surface area contributed by atoms with Gasteiger partial charge in [-0.1, -0.05) is 65.0 Å². The van der Waals surface area contributed by atoms with Crippen molar-refractivity contribution < 1.29 is 24.6 Å². The zero-order chi connectivity index (χ0) is 34.9. The molecule has 0 unspecified atom stereocenters. The number of aliphatic hydroxyl groups is 2. The number of nitrogens with zero attached hydrogens (tertiary/aromatic N) is 2. The quantitative estimate of drug-likeness (QED) is 0.246. The molecule has 2 aromatic rings. The van der Waals surface area contributed by atoms with Crippen molar-refractivity contribution in [3.05, 3.63) is 59.7 Å². The molecule has 1 saturated heterocycles. The fraction of sp³-hybridized carbons (Fsp3) is 0.641. The van der Waals surface area contributed by atoms with Crippen LogP contribution in [0.15, 0.2) is 48.5 Å². The number of benzene rings is 2. The summed E-state index contributed by atoms with van der Waals surface area (Å²) in [5.41, 5.74) is 3.69. The van der Waals surface area contributed by atoms with Crippen molar-refractivity contribution in [2.75, 3.05) is 27.2 Å². The molecule has 6 rings (SSSR count). The second-order valence-corrected chi connectivity index (χ2v) is 16.1. The number of hydrogen-bond donors (Lipinski definition) is 4. The molecule has 2 bridgehead atoms. The molecule has 3 saturated carbocycles. The zero-order valence-corrected chi connectivity index (χ0v) is 30.1. The van der Waals surface area contributed by atoms with E-state index in [1.54, 1.807) is 12.0 Å². The Hall–Kier alpha value is -2.82. The smallest absolute Gasteiger partial charge is 0.251 e. The Labute approximate surface area is 287 Å². The Morgan fingerprint density at radius 1 is 1.06 bits per heavy atom. The molecule has 264 valence electrons. The third-order valence-electron chi connectivity index (χ3n) is 11.5. The first kappa shape index (κ1) is 36.5. The number of hydrogen-bond acceptors (Lipinski definition) is 7. The van der Waals surface area contributed by atoms with Gasteiger partial charge in [0.15, 0.2) is 0 Å². The van der Waals surface area contributed by atoms with Crippen LogP contribution in [0.5, 0.6) is 0 Å². The van der Waals surface area contributed by atoms with Crippen molar-refractivity contribution in [2.45, 2.75) is 97.7 Å². The second kappa shape index (κ2) is 15.0. The van der Waals surface area contributed by atoms with Gasteiger partial charge >= 0.3 is 0 Å². The third kappa shape index (κ3) is 7.81. The van der Waals surface area contributed by atoms with Gasteiger partial charge in [-0.05, 0) is 104 Å².